The highest BCUT2D eigenvalue weighted by molar-refractivity contribution is 7.92. The summed E-state index contributed by atoms with van der Waals surface area (Å²) >= 11 is 0. The number of piperazine rings is 1. The summed E-state index contributed by atoms with van der Waals surface area (Å²) in [5.41, 5.74) is 0.283. The maximum absolute atomic E-state index is 12.9. The fraction of sp³-hybridized carbons (Fsp3) is 0.600. The van der Waals surface area contributed by atoms with Gasteiger partial charge in [0.25, 0.3) is 10.0 Å². The van der Waals surface area contributed by atoms with Crippen LogP contribution >= 0.6 is 0 Å². The minimum Gasteiger partial charge on any atom is -0.360 e. The predicted octanol–water partition coefficient (Wildman–Crippen LogP) is 2.11. The van der Waals surface area contributed by atoms with Gasteiger partial charge in [-0.1, -0.05) is 24.4 Å². The van der Waals surface area contributed by atoms with Gasteiger partial charge in [0.05, 0.1) is 0 Å². The molecule has 0 unspecified atom stereocenters. The average molecular weight is 449 g/mol. The third kappa shape index (κ3) is 4.51. The molecule has 11 heteroatoms. The van der Waals surface area contributed by atoms with Gasteiger partial charge in [-0.3, -0.25) is 9.52 Å². The maximum Gasteiger partial charge on any atom is 0.268 e. The van der Waals surface area contributed by atoms with Gasteiger partial charge in [0.1, 0.15) is 5.69 Å². The smallest absolute Gasteiger partial charge is 0.268 e. The SMILES string of the molecule is Cc1noc(C)c1S(=O)(=O)Nc1nccnc1N1CCN(C(=O)C2CCCCC2)CC1. The van der Waals surface area contributed by atoms with Gasteiger partial charge in [-0.25, -0.2) is 18.4 Å². The standard InChI is InChI=1S/C20H28N6O4S/c1-14-17(15(2)30-23-14)31(28,29)24-18-19(22-9-8-21-18)25-10-12-26(13-11-25)20(27)16-6-4-3-5-7-16/h8-9,16H,3-7,10-13H2,1-2H3,(H,21,24). The first kappa shape index (κ1) is 21.5. The third-order valence-corrected chi connectivity index (χ3v) is 7.57. The monoisotopic (exact) mass is 448 g/mol. The van der Waals surface area contributed by atoms with Crippen LogP contribution in [-0.2, 0) is 14.8 Å². The van der Waals surface area contributed by atoms with Crippen molar-refractivity contribution in [1.29, 1.82) is 0 Å². The number of aromatic nitrogens is 3. The molecule has 2 fully saturated rings. The summed E-state index contributed by atoms with van der Waals surface area (Å²) < 4.78 is 33.3. The summed E-state index contributed by atoms with van der Waals surface area (Å²) in [6, 6.07) is 0. The van der Waals surface area contributed by atoms with E-state index in [2.05, 4.69) is 19.8 Å². The van der Waals surface area contributed by atoms with Gasteiger partial charge >= 0.3 is 0 Å². The molecule has 3 heterocycles. The molecule has 0 radical (unpaired) electrons. The Morgan fingerprint density at radius 1 is 1.06 bits per heavy atom. The van der Waals surface area contributed by atoms with Gasteiger partial charge in [0.15, 0.2) is 22.3 Å². The zero-order chi connectivity index (χ0) is 22.0. The van der Waals surface area contributed by atoms with E-state index in [9.17, 15) is 13.2 Å². The summed E-state index contributed by atoms with van der Waals surface area (Å²) in [5.74, 6) is 1.20. The molecule has 2 aromatic heterocycles. The van der Waals surface area contributed by atoms with Gasteiger partial charge in [-0.2, -0.15) is 0 Å². The lowest BCUT2D eigenvalue weighted by molar-refractivity contribution is -0.136. The van der Waals surface area contributed by atoms with E-state index in [1.807, 2.05) is 9.80 Å². The van der Waals surface area contributed by atoms with Crippen LogP contribution in [0.15, 0.2) is 21.8 Å². The number of aryl methyl sites for hydroxylation is 2. The van der Waals surface area contributed by atoms with Crippen LogP contribution in [0.4, 0.5) is 11.6 Å². The van der Waals surface area contributed by atoms with E-state index in [1.54, 1.807) is 13.8 Å². The molecule has 1 aliphatic heterocycles. The number of carbonyl (C=O) groups is 1. The molecule has 1 aliphatic carbocycles. The van der Waals surface area contributed by atoms with E-state index in [4.69, 9.17) is 4.52 Å². The lowest BCUT2D eigenvalue weighted by Crippen LogP contribution is -2.51. The number of amides is 1. The van der Waals surface area contributed by atoms with Crippen LogP contribution in [0.2, 0.25) is 0 Å². The first-order valence-electron chi connectivity index (χ1n) is 10.7. The highest BCUT2D eigenvalue weighted by Crippen LogP contribution is 2.29. The fourth-order valence-electron chi connectivity index (χ4n) is 4.42. The van der Waals surface area contributed by atoms with Gasteiger partial charge < -0.3 is 14.3 Å². The number of rotatable bonds is 5. The van der Waals surface area contributed by atoms with Crippen LogP contribution in [0.1, 0.15) is 43.6 Å². The number of carbonyl (C=O) groups excluding carboxylic acids is 1. The largest absolute Gasteiger partial charge is 0.360 e. The second-order valence-electron chi connectivity index (χ2n) is 8.13. The van der Waals surface area contributed by atoms with Crippen LogP contribution < -0.4 is 9.62 Å². The lowest BCUT2D eigenvalue weighted by Gasteiger charge is -2.37. The highest BCUT2D eigenvalue weighted by atomic mass is 32.2. The number of nitrogens with one attached hydrogen (secondary N) is 1. The minimum atomic E-state index is -3.93. The Morgan fingerprint density at radius 2 is 1.74 bits per heavy atom. The normalized spacial score (nSPS) is 18.3. The number of hydrogen-bond acceptors (Lipinski definition) is 8. The molecule has 10 nitrogen and oxygen atoms in total. The zero-order valence-electron chi connectivity index (χ0n) is 17.9. The summed E-state index contributed by atoms with van der Waals surface area (Å²) in [7, 11) is -3.93. The Kier molecular flexibility index (Phi) is 6.12. The van der Waals surface area contributed by atoms with Crippen molar-refractivity contribution in [3.63, 3.8) is 0 Å². The molecule has 0 spiro atoms. The van der Waals surface area contributed by atoms with Crippen molar-refractivity contribution in [1.82, 2.24) is 20.0 Å². The molecular weight excluding hydrogens is 420 g/mol. The Bertz CT molecular complexity index is 1020. The van der Waals surface area contributed by atoms with Crippen LogP contribution in [0.25, 0.3) is 0 Å². The van der Waals surface area contributed by atoms with Crippen molar-refractivity contribution in [2.24, 2.45) is 5.92 Å². The minimum absolute atomic E-state index is 0.00648. The van der Waals surface area contributed by atoms with Gasteiger partial charge in [-0.05, 0) is 26.7 Å². The van der Waals surface area contributed by atoms with Crippen LogP contribution in [-0.4, -0.2) is 60.5 Å². The number of sulfonamides is 1. The molecule has 168 valence electrons. The van der Waals surface area contributed by atoms with E-state index >= 15 is 0 Å². The van der Waals surface area contributed by atoms with E-state index in [0.29, 0.717) is 32.0 Å². The van der Waals surface area contributed by atoms with E-state index in [-0.39, 0.29) is 34.0 Å². The van der Waals surface area contributed by atoms with Crippen LogP contribution in [0.5, 0.6) is 0 Å². The summed E-state index contributed by atoms with van der Waals surface area (Å²) in [4.78, 5) is 25.3. The molecule has 2 aromatic rings. The van der Waals surface area contributed by atoms with Gasteiger partial charge in [0, 0.05) is 44.5 Å². The Hall–Kier alpha value is -2.69. The average Bonchev–Trinajstić information content (AvgIpc) is 3.13. The van der Waals surface area contributed by atoms with Crippen molar-refractivity contribution in [3.8, 4) is 0 Å². The molecule has 31 heavy (non-hydrogen) atoms. The third-order valence-electron chi connectivity index (χ3n) is 5.99. The van der Waals surface area contributed by atoms with Crippen LogP contribution in [0, 0.1) is 19.8 Å². The molecule has 0 aromatic carbocycles. The van der Waals surface area contributed by atoms with E-state index in [1.165, 1.54) is 18.8 Å². The van der Waals surface area contributed by atoms with Crippen molar-refractivity contribution in [3.05, 3.63) is 23.8 Å². The van der Waals surface area contributed by atoms with E-state index in [0.717, 1.165) is 25.7 Å². The first-order valence-corrected chi connectivity index (χ1v) is 12.2. The highest BCUT2D eigenvalue weighted by Gasteiger charge is 2.31. The van der Waals surface area contributed by atoms with E-state index < -0.39 is 10.0 Å². The lowest BCUT2D eigenvalue weighted by atomic mass is 9.88. The predicted molar refractivity (Wildman–Crippen MR) is 114 cm³/mol. The molecule has 1 amide bonds. The van der Waals surface area contributed by atoms with Crippen molar-refractivity contribution in [2.75, 3.05) is 35.8 Å². The molecule has 4 rings (SSSR count). The van der Waals surface area contributed by atoms with Crippen molar-refractivity contribution < 1.29 is 17.7 Å². The number of anilines is 2. The second kappa shape index (κ2) is 8.81. The number of hydrogen-bond donors (Lipinski definition) is 1. The summed E-state index contributed by atoms with van der Waals surface area (Å²) in [6.45, 7) is 5.43. The molecule has 0 atom stereocenters. The molecule has 1 N–H and O–H groups in total. The quantitative estimate of drug-likeness (QED) is 0.738. The molecule has 1 saturated carbocycles. The molecular formula is C20H28N6O4S. The molecule has 0 bridgehead atoms. The Balaban J connectivity index is 1.46. The zero-order valence-corrected chi connectivity index (χ0v) is 18.7. The second-order valence-corrected chi connectivity index (χ2v) is 9.75. The maximum atomic E-state index is 12.9. The Morgan fingerprint density at radius 3 is 2.39 bits per heavy atom. The topological polar surface area (TPSA) is 122 Å². The van der Waals surface area contributed by atoms with Gasteiger partial charge in [-0.15, -0.1) is 0 Å². The summed E-state index contributed by atoms with van der Waals surface area (Å²) in [5, 5.41) is 3.72. The van der Waals surface area contributed by atoms with Crippen LogP contribution in [0.3, 0.4) is 0 Å². The molecule has 2 aliphatic rings. The summed E-state index contributed by atoms with van der Waals surface area (Å²) in [6.07, 6.45) is 8.42. The van der Waals surface area contributed by atoms with Gasteiger partial charge in [0.2, 0.25) is 5.91 Å². The fourth-order valence-corrected chi connectivity index (χ4v) is 5.76. The molecule has 1 saturated heterocycles. The Labute approximate surface area is 182 Å². The van der Waals surface area contributed by atoms with Crippen molar-refractivity contribution in [2.45, 2.75) is 50.8 Å². The first-order chi connectivity index (χ1) is 14.9. The van der Waals surface area contributed by atoms with Crippen molar-refractivity contribution >= 4 is 27.6 Å². The number of nitrogens with zero attached hydrogens (tertiary/aromatic N) is 5.